The van der Waals surface area contributed by atoms with Gasteiger partial charge in [-0.1, -0.05) is 18.2 Å². The molecule has 0 aromatic heterocycles. The first kappa shape index (κ1) is 25.0. The van der Waals surface area contributed by atoms with Gasteiger partial charge in [-0.05, 0) is 43.3 Å². The molecule has 0 atom stereocenters. The van der Waals surface area contributed by atoms with E-state index in [0.29, 0.717) is 5.69 Å². The molecule has 0 aliphatic heterocycles. The molecule has 0 heterocycles. The summed E-state index contributed by atoms with van der Waals surface area (Å²) in [7, 11) is -2.91. The number of esters is 2. The van der Waals surface area contributed by atoms with Crippen molar-refractivity contribution >= 4 is 33.6 Å². The monoisotopic (exact) mass is 466 g/mol. The summed E-state index contributed by atoms with van der Waals surface area (Å²) in [6.07, 6.45) is 0. The number of rotatable bonds is 10. The zero-order valence-electron chi connectivity index (χ0n) is 17.6. The Morgan fingerprint density at radius 3 is 2.09 bits per heavy atom. The second-order valence-electron chi connectivity index (χ2n) is 6.50. The molecule has 0 spiro atoms. The van der Waals surface area contributed by atoms with Crippen molar-refractivity contribution in [1.82, 2.24) is 4.31 Å². The fourth-order valence-corrected chi connectivity index (χ4v) is 3.70. The first-order chi connectivity index (χ1) is 15.1. The molecule has 0 unspecified atom stereocenters. The Morgan fingerprint density at radius 2 is 1.50 bits per heavy atom. The van der Waals surface area contributed by atoms with E-state index in [1.165, 1.54) is 0 Å². The summed E-state index contributed by atoms with van der Waals surface area (Å²) >= 11 is 0. The van der Waals surface area contributed by atoms with E-state index in [1.54, 1.807) is 37.3 Å². The molecule has 0 aliphatic rings. The van der Waals surface area contributed by atoms with Crippen LogP contribution >= 0.6 is 0 Å². The van der Waals surface area contributed by atoms with Crippen LogP contribution in [0, 0.1) is 5.82 Å². The Morgan fingerprint density at radius 1 is 0.906 bits per heavy atom. The Hall–Kier alpha value is -3.31. The average Bonchev–Trinajstić information content (AvgIpc) is 2.77. The number of benzene rings is 2. The lowest BCUT2D eigenvalue weighted by Crippen LogP contribution is -2.40. The number of hydrogen-bond acceptors (Lipinski definition) is 7. The Balaban J connectivity index is 2.00. The van der Waals surface area contributed by atoms with Gasteiger partial charge in [-0.25, -0.2) is 12.8 Å². The molecule has 0 aliphatic carbocycles. The van der Waals surface area contributed by atoms with Gasteiger partial charge in [0.05, 0.1) is 11.5 Å². The number of sulfonamides is 1. The van der Waals surface area contributed by atoms with Crippen LogP contribution in [0.2, 0.25) is 0 Å². The molecular formula is C21H23FN2O7S. The highest BCUT2D eigenvalue weighted by Crippen LogP contribution is 2.16. The van der Waals surface area contributed by atoms with Gasteiger partial charge in [-0.2, -0.15) is 4.31 Å². The fourth-order valence-electron chi connectivity index (χ4n) is 2.59. The van der Waals surface area contributed by atoms with Crippen molar-refractivity contribution in [2.24, 2.45) is 0 Å². The van der Waals surface area contributed by atoms with Gasteiger partial charge in [0.25, 0.3) is 5.91 Å². The van der Waals surface area contributed by atoms with Crippen LogP contribution in [0.25, 0.3) is 0 Å². The van der Waals surface area contributed by atoms with Gasteiger partial charge in [-0.3, -0.25) is 19.3 Å². The quantitative estimate of drug-likeness (QED) is 0.489. The first-order valence-corrected chi connectivity index (χ1v) is 11.0. The molecule has 0 fully saturated rings. The summed E-state index contributed by atoms with van der Waals surface area (Å²) in [5, 5.41) is 0. The molecule has 0 N–H and O–H groups in total. The second kappa shape index (κ2) is 11.3. The lowest BCUT2D eigenvalue weighted by molar-refractivity contribution is -0.148. The van der Waals surface area contributed by atoms with Crippen molar-refractivity contribution in [3.05, 3.63) is 60.4 Å². The van der Waals surface area contributed by atoms with E-state index >= 15 is 0 Å². The SMILES string of the molecule is CCOC(=O)CN(C(=O)COC(=O)CN(C)S(=O)(=O)c1ccc(F)cc1)c1ccccc1. The highest BCUT2D eigenvalue weighted by Gasteiger charge is 2.25. The summed E-state index contributed by atoms with van der Waals surface area (Å²) in [5.74, 6) is -2.91. The molecule has 11 heteroatoms. The molecule has 172 valence electrons. The van der Waals surface area contributed by atoms with Crippen LogP contribution in [0.1, 0.15) is 6.92 Å². The molecule has 0 saturated carbocycles. The van der Waals surface area contributed by atoms with Gasteiger partial charge in [0.2, 0.25) is 10.0 Å². The smallest absolute Gasteiger partial charge is 0.326 e. The number of nitrogens with zero attached hydrogens (tertiary/aromatic N) is 2. The Kier molecular flexibility index (Phi) is 8.85. The number of amides is 1. The third-order valence-corrected chi connectivity index (χ3v) is 6.01. The lowest BCUT2D eigenvalue weighted by Gasteiger charge is -2.22. The maximum atomic E-state index is 13.0. The number of halogens is 1. The zero-order valence-corrected chi connectivity index (χ0v) is 18.4. The minimum Gasteiger partial charge on any atom is -0.465 e. The number of likely N-dealkylation sites (N-methyl/N-ethyl adjacent to an activating group) is 1. The van der Waals surface area contributed by atoms with Crippen molar-refractivity contribution in [2.45, 2.75) is 11.8 Å². The highest BCUT2D eigenvalue weighted by molar-refractivity contribution is 7.89. The molecular weight excluding hydrogens is 443 g/mol. The maximum absolute atomic E-state index is 13.0. The molecule has 0 saturated heterocycles. The number of carbonyl (C=O) groups is 3. The van der Waals surface area contributed by atoms with Gasteiger partial charge in [-0.15, -0.1) is 0 Å². The van der Waals surface area contributed by atoms with Gasteiger partial charge in [0.15, 0.2) is 6.61 Å². The minimum absolute atomic E-state index is 0.138. The van der Waals surface area contributed by atoms with Crippen LogP contribution in [0.15, 0.2) is 59.5 Å². The average molecular weight is 466 g/mol. The molecule has 9 nitrogen and oxygen atoms in total. The standard InChI is InChI=1S/C21H23FN2O7S/c1-3-30-21(27)14-24(17-7-5-4-6-8-17)19(25)15-31-20(26)13-23(2)32(28,29)18-11-9-16(22)10-12-18/h4-12H,3,13-15H2,1-2H3. The van der Waals surface area contributed by atoms with Gasteiger partial charge >= 0.3 is 11.9 Å². The van der Waals surface area contributed by atoms with Crippen molar-refractivity contribution < 1.29 is 36.7 Å². The molecule has 2 aromatic rings. The van der Waals surface area contributed by atoms with E-state index in [9.17, 15) is 27.2 Å². The molecule has 0 bridgehead atoms. The van der Waals surface area contributed by atoms with Crippen molar-refractivity contribution in [3.63, 3.8) is 0 Å². The van der Waals surface area contributed by atoms with E-state index in [1.807, 2.05) is 0 Å². The van der Waals surface area contributed by atoms with Gasteiger partial charge < -0.3 is 9.47 Å². The molecule has 2 rings (SSSR count). The van der Waals surface area contributed by atoms with Gasteiger partial charge in [0, 0.05) is 12.7 Å². The summed E-state index contributed by atoms with van der Waals surface area (Å²) in [6.45, 7) is 0.00517. The summed E-state index contributed by atoms with van der Waals surface area (Å²) in [5.41, 5.74) is 0.401. The van der Waals surface area contributed by atoms with Crippen molar-refractivity contribution in [2.75, 3.05) is 38.3 Å². The number of ether oxygens (including phenoxy) is 2. The number of carbonyl (C=O) groups excluding carboxylic acids is 3. The van der Waals surface area contributed by atoms with Crippen LogP contribution in [-0.4, -0.2) is 63.9 Å². The summed E-state index contributed by atoms with van der Waals surface area (Å²) < 4.78 is 48.5. The molecule has 2 aromatic carbocycles. The minimum atomic E-state index is -4.06. The van der Waals surface area contributed by atoms with E-state index in [0.717, 1.165) is 40.5 Å². The van der Waals surface area contributed by atoms with Crippen LogP contribution < -0.4 is 4.90 Å². The van der Waals surface area contributed by atoms with Crippen molar-refractivity contribution in [1.29, 1.82) is 0 Å². The van der Waals surface area contributed by atoms with Crippen LogP contribution in [0.5, 0.6) is 0 Å². The lowest BCUT2D eigenvalue weighted by atomic mass is 10.3. The fraction of sp³-hybridized carbons (Fsp3) is 0.286. The second-order valence-corrected chi connectivity index (χ2v) is 8.54. The Labute approximate surface area is 185 Å². The Bertz CT molecular complexity index is 1040. The molecule has 32 heavy (non-hydrogen) atoms. The van der Waals surface area contributed by atoms with Crippen molar-refractivity contribution in [3.8, 4) is 0 Å². The molecule has 0 radical (unpaired) electrons. The maximum Gasteiger partial charge on any atom is 0.326 e. The topological polar surface area (TPSA) is 110 Å². The van der Waals surface area contributed by atoms with E-state index in [-0.39, 0.29) is 18.0 Å². The largest absolute Gasteiger partial charge is 0.465 e. The normalized spacial score (nSPS) is 11.1. The molecule has 1 amide bonds. The number of hydrogen-bond donors (Lipinski definition) is 0. The van der Waals surface area contributed by atoms with Gasteiger partial charge in [0.1, 0.15) is 18.9 Å². The third kappa shape index (κ3) is 6.86. The zero-order chi connectivity index (χ0) is 23.7. The number of anilines is 1. The summed E-state index contributed by atoms with van der Waals surface area (Å²) in [4.78, 5) is 37.5. The predicted molar refractivity (Wildman–Crippen MR) is 113 cm³/mol. The first-order valence-electron chi connectivity index (χ1n) is 9.53. The third-order valence-electron chi connectivity index (χ3n) is 4.19. The summed E-state index contributed by atoms with van der Waals surface area (Å²) in [6, 6.07) is 12.4. The van der Waals surface area contributed by atoms with E-state index < -0.39 is 46.8 Å². The van der Waals surface area contributed by atoms with E-state index in [4.69, 9.17) is 9.47 Å². The van der Waals surface area contributed by atoms with E-state index in [2.05, 4.69) is 0 Å². The predicted octanol–water partition coefficient (Wildman–Crippen LogP) is 1.59. The number of para-hydroxylation sites is 1. The van der Waals surface area contributed by atoms with Crippen LogP contribution in [0.3, 0.4) is 0 Å². The highest BCUT2D eigenvalue weighted by atomic mass is 32.2. The van der Waals surface area contributed by atoms with Crippen LogP contribution in [0.4, 0.5) is 10.1 Å². The van der Waals surface area contributed by atoms with Crippen LogP contribution in [-0.2, 0) is 33.9 Å².